The normalized spacial score (nSPS) is 12.7. The molecule has 0 saturated heterocycles. The highest BCUT2D eigenvalue weighted by atomic mass is 35.5. The van der Waals surface area contributed by atoms with Gasteiger partial charge in [0.1, 0.15) is 17.9 Å². The second-order valence-corrected chi connectivity index (χ2v) is 7.27. The molecule has 0 aromatic heterocycles. The molecule has 3 amide bonds. The highest BCUT2D eigenvalue weighted by Crippen LogP contribution is 2.25. The van der Waals surface area contributed by atoms with Crippen molar-refractivity contribution in [2.75, 3.05) is 0 Å². The fourth-order valence-corrected chi connectivity index (χ4v) is 3.29. The van der Waals surface area contributed by atoms with Gasteiger partial charge in [-0.1, -0.05) is 41.4 Å². The number of nitrogens with one attached hydrogen (secondary N) is 2. The van der Waals surface area contributed by atoms with Crippen LogP contribution in [0.3, 0.4) is 0 Å². The fraction of sp³-hybridized carbons (Fsp3) is 0.250. The van der Waals surface area contributed by atoms with Gasteiger partial charge in [0.25, 0.3) is 0 Å². The van der Waals surface area contributed by atoms with Gasteiger partial charge in [0.15, 0.2) is 0 Å². The molecule has 2 rings (SSSR count). The molecule has 9 heteroatoms. The Morgan fingerprint density at radius 1 is 0.966 bits per heavy atom. The molecule has 2 atom stereocenters. The first-order valence-electron chi connectivity index (χ1n) is 8.71. The monoisotopic (exact) mass is 439 g/mol. The summed E-state index contributed by atoms with van der Waals surface area (Å²) in [6.07, 6.45) is 0.0902. The topological polar surface area (TPSA) is 101 Å². The number of benzene rings is 2. The third kappa shape index (κ3) is 6.73. The Morgan fingerprint density at radius 2 is 1.55 bits per heavy atom. The molecule has 2 aromatic rings. The number of rotatable bonds is 8. The molecule has 0 saturated carbocycles. The maximum absolute atomic E-state index is 13.1. The van der Waals surface area contributed by atoms with Crippen molar-refractivity contribution >= 4 is 40.9 Å². The second-order valence-electron chi connectivity index (χ2n) is 6.45. The van der Waals surface area contributed by atoms with Gasteiger partial charge < -0.3 is 16.4 Å². The number of carbonyl (C=O) groups is 3. The maximum atomic E-state index is 13.1. The molecule has 29 heavy (non-hydrogen) atoms. The summed E-state index contributed by atoms with van der Waals surface area (Å²) in [6.45, 7) is 1.26. The van der Waals surface area contributed by atoms with Crippen LogP contribution in [0.5, 0.6) is 0 Å². The number of amides is 3. The lowest BCUT2D eigenvalue weighted by atomic mass is 10.0. The quantitative estimate of drug-likeness (QED) is 0.588. The van der Waals surface area contributed by atoms with Gasteiger partial charge in [-0.15, -0.1) is 0 Å². The first-order chi connectivity index (χ1) is 13.7. The van der Waals surface area contributed by atoms with Crippen molar-refractivity contribution in [1.29, 1.82) is 0 Å². The number of primary amides is 1. The van der Waals surface area contributed by atoms with Gasteiger partial charge in [0, 0.05) is 29.8 Å². The molecule has 4 N–H and O–H groups in total. The smallest absolute Gasteiger partial charge is 0.243 e. The molecule has 0 aliphatic carbocycles. The van der Waals surface area contributed by atoms with Gasteiger partial charge in [-0.25, -0.2) is 4.39 Å². The van der Waals surface area contributed by atoms with Gasteiger partial charge in [-0.05, 0) is 35.4 Å². The molecule has 0 aliphatic rings. The first-order valence-corrected chi connectivity index (χ1v) is 9.47. The van der Waals surface area contributed by atoms with Crippen molar-refractivity contribution in [2.45, 2.75) is 31.8 Å². The molecule has 0 spiro atoms. The Morgan fingerprint density at radius 3 is 2.07 bits per heavy atom. The Bertz CT molecular complexity index is 886. The van der Waals surface area contributed by atoms with E-state index in [0.717, 1.165) is 0 Å². The van der Waals surface area contributed by atoms with Crippen LogP contribution in [-0.2, 0) is 27.2 Å². The first kappa shape index (κ1) is 22.6. The van der Waals surface area contributed by atoms with Crippen LogP contribution in [0, 0.1) is 5.82 Å². The third-order valence-corrected chi connectivity index (χ3v) is 4.89. The van der Waals surface area contributed by atoms with E-state index in [2.05, 4.69) is 10.6 Å². The highest BCUT2D eigenvalue weighted by Gasteiger charge is 2.26. The minimum Gasteiger partial charge on any atom is -0.368 e. The predicted octanol–water partition coefficient (Wildman–Crippen LogP) is 2.39. The predicted molar refractivity (Wildman–Crippen MR) is 109 cm³/mol. The van der Waals surface area contributed by atoms with Crippen molar-refractivity contribution in [2.24, 2.45) is 5.73 Å². The summed E-state index contributed by atoms with van der Waals surface area (Å²) >= 11 is 12.3. The van der Waals surface area contributed by atoms with E-state index < -0.39 is 35.6 Å². The zero-order valence-electron chi connectivity index (χ0n) is 15.5. The van der Waals surface area contributed by atoms with E-state index in [4.69, 9.17) is 28.9 Å². The van der Waals surface area contributed by atoms with E-state index in [1.165, 1.54) is 31.2 Å². The minimum absolute atomic E-state index is 0.0110. The van der Waals surface area contributed by atoms with Gasteiger partial charge in [0.2, 0.25) is 17.7 Å². The number of halogens is 3. The molecule has 6 nitrogen and oxygen atoms in total. The van der Waals surface area contributed by atoms with Crippen LogP contribution >= 0.6 is 23.2 Å². The zero-order valence-corrected chi connectivity index (χ0v) is 17.1. The van der Waals surface area contributed by atoms with Crippen LogP contribution in [0.1, 0.15) is 18.1 Å². The molecule has 0 heterocycles. The van der Waals surface area contributed by atoms with Crippen molar-refractivity contribution < 1.29 is 18.8 Å². The summed E-state index contributed by atoms with van der Waals surface area (Å²) in [5.41, 5.74) is 6.53. The Kier molecular flexibility index (Phi) is 7.99. The largest absolute Gasteiger partial charge is 0.368 e. The van der Waals surface area contributed by atoms with Crippen LogP contribution in [0.25, 0.3) is 0 Å². The van der Waals surface area contributed by atoms with Crippen molar-refractivity contribution in [3.8, 4) is 0 Å². The lowest BCUT2D eigenvalue weighted by Gasteiger charge is -2.22. The van der Waals surface area contributed by atoms with Crippen molar-refractivity contribution in [3.05, 3.63) is 69.5 Å². The second kappa shape index (κ2) is 10.2. The molecular formula is C20H20Cl2FN3O3. The minimum atomic E-state index is -1.09. The van der Waals surface area contributed by atoms with Crippen LogP contribution < -0.4 is 16.4 Å². The lowest BCUT2D eigenvalue weighted by Crippen LogP contribution is -2.54. The summed E-state index contributed by atoms with van der Waals surface area (Å²) in [4.78, 5) is 36.2. The number of nitrogens with two attached hydrogens (primary N) is 1. The van der Waals surface area contributed by atoms with Crippen LogP contribution in [0.15, 0.2) is 42.5 Å². The Labute approximate surface area is 177 Å². The highest BCUT2D eigenvalue weighted by molar-refractivity contribution is 6.36. The fourth-order valence-electron chi connectivity index (χ4n) is 2.74. The molecule has 0 radical (unpaired) electrons. The summed E-state index contributed by atoms with van der Waals surface area (Å²) in [6, 6.07) is 8.31. The van der Waals surface area contributed by atoms with Crippen molar-refractivity contribution in [1.82, 2.24) is 10.6 Å². The third-order valence-electron chi connectivity index (χ3n) is 4.18. The SMILES string of the molecule is CC(=O)N[C@H](Cc1ccc(F)cc1)C(=O)N[C@@H](Cc1c(Cl)cccc1Cl)C(N)=O. The average molecular weight is 440 g/mol. The standard InChI is InChI=1S/C20H20Cl2FN3O3/c1-11(27)25-18(9-12-5-7-13(23)8-6-12)20(29)26-17(19(24)28)10-14-15(21)3-2-4-16(14)22/h2-8,17-18H,9-10H2,1H3,(H2,24,28)(H,25,27)(H,26,29)/t17-,18+/m0/s1. The van der Waals surface area contributed by atoms with E-state index >= 15 is 0 Å². The Hall–Kier alpha value is -2.64. The van der Waals surface area contributed by atoms with Gasteiger partial charge >= 0.3 is 0 Å². The van der Waals surface area contributed by atoms with E-state index in [9.17, 15) is 18.8 Å². The van der Waals surface area contributed by atoms with Gasteiger partial charge in [-0.3, -0.25) is 14.4 Å². The molecule has 0 fully saturated rings. The van der Waals surface area contributed by atoms with E-state index in [1.54, 1.807) is 18.2 Å². The molecule has 0 aliphatic heterocycles. The van der Waals surface area contributed by atoms with Crippen LogP contribution in [-0.4, -0.2) is 29.8 Å². The number of hydrogen-bond donors (Lipinski definition) is 3. The summed E-state index contributed by atoms with van der Waals surface area (Å²) < 4.78 is 13.1. The number of carbonyl (C=O) groups excluding carboxylic acids is 3. The van der Waals surface area contributed by atoms with E-state index in [1.807, 2.05) is 0 Å². The summed E-state index contributed by atoms with van der Waals surface area (Å²) in [5, 5.41) is 5.73. The maximum Gasteiger partial charge on any atom is 0.243 e. The van der Waals surface area contributed by atoms with E-state index in [-0.39, 0.29) is 12.8 Å². The lowest BCUT2D eigenvalue weighted by molar-refractivity contribution is -0.130. The van der Waals surface area contributed by atoms with Gasteiger partial charge in [0.05, 0.1) is 0 Å². The molecular weight excluding hydrogens is 420 g/mol. The summed E-state index contributed by atoms with van der Waals surface area (Å²) in [7, 11) is 0. The average Bonchev–Trinajstić information content (AvgIpc) is 2.64. The van der Waals surface area contributed by atoms with Crippen molar-refractivity contribution in [3.63, 3.8) is 0 Å². The molecule has 154 valence electrons. The van der Waals surface area contributed by atoms with Crippen LogP contribution in [0.2, 0.25) is 10.0 Å². The van der Waals surface area contributed by atoms with E-state index in [0.29, 0.717) is 21.2 Å². The van der Waals surface area contributed by atoms with Crippen LogP contribution in [0.4, 0.5) is 4.39 Å². The van der Waals surface area contributed by atoms with Gasteiger partial charge in [-0.2, -0.15) is 0 Å². The summed E-state index contributed by atoms with van der Waals surface area (Å²) in [5.74, 6) is -2.24. The Balaban J connectivity index is 2.18. The molecule has 0 bridgehead atoms. The zero-order chi connectivity index (χ0) is 21.6. The molecule has 2 aromatic carbocycles. The number of hydrogen-bond acceptors (Lipinski definition) is 3. The molecule has 0 unspecified atom stereocenters.